The Hall–Kier alpha value is -0.610. The number of carbonyl (C=O) groups is 1. The first-order chi connectivity index (χ1) is 7.63. The van der Waals surface area contributed by atoms with Gasteiger partial charge in [0.05, 0.1) is 0 Å². The minimum atomic E-state index is 0.0623. The fraction of sp³-hybridized carbons (Fsp3) is 0.917. The third-order valence-electron chi connectivity index (χ3n) is 3.57. The maximum Gasteiger partial charge on any atom is 0.216 e. The summed E-state index contributed by atoms with van der Waals surface area (Å²) in [5.74, 6) is 0.0623. The molecule has 0 saturated heterocycles. The van der Waals surface area contributed by atoms with E-state index in [0.717, 1.165) is 13.1 Å². The second-order valence-electron chi connectivity index (χ2n) is 4.76. The van der Waals surface area contributed by atoms with Crippen molar-refractivity contribution in [2.24, 2.45) is 0 Å². The predicted octanol–water partition coefficient (Wildman–Crippen LogP) is 0.585. The fourth-order valence-corrected chi connectivity index (χ4v) is 2.40. The monoisotopic (exact) mass is 227 g/mol. The zero-order chi connectivity index (χ0) is 12.0. The van der Waals surface area contributed by atoms with Gasteiger partial charge in [0.25, 0.3) is 0 Å². The number of hydrogen-bond acceptors (Lipinski definition) is 3. The average Bonchev–Trinajstić information content (AvgIpc) is 2.28. The Morgan fingerprint density at radius 2 is 1.94 bits per heavy atom. The van der Waals surface area contributed by atoms with Crippen molar-refractivity contribution in [3.05, 3.63) is 0 Å². The molecule has 1 aliphatic rings. The summed E-state index contributed by atoms with van der Waals surface area (Å²) in [4.78, 5) is 13.1. The molecule has 1 rings (SSSR count). The minimum absolute atomic E-state index is 0.0623. The first-order valence-corrected chi connectivity index (χ1v) is 6.25. The zero-order valence-electron chi connectivity index (χ0n) is 10.8. The van der Waals surface area contributed by atoms with Crippen LogP contribution >= 0.6 is 0 Å². The van der Waals surface area contributed by atoms with Crippen LogP contribution in [0.1, 0.15) is 32.6 Å². The van der Waals surface area contributed by atoms with E-state index in [0.29, 0.717) is 12.1 Å². The summed E-state index contributed by atoms with van der Waals surface area (Å²) in [6.07, 6.45) is 5.07. The summed E-state index contributed by atoms with van der Waals surface area (Å²) in [7, 11) is 4.21. The van der Waals surface area contributed by atoms with Gasteiger partial charge in [-0.05, 0) is 39.8 Å². The van der Waals surface area contributed by atoms with E-state index >= 15 is 0 Å². The summed E-state index contributed by atoms with van der Waals surface area (Å²) in [5, 5.41) is 6.19. The fourth-order valence-electron chi connectivity index (χ4n) is 2.40. The summed E-state index contributed by atoms with van der Waals surface area (Å²) < 4.78 is 0. The van der Waals surface area contributed by atoms with E-state index in [9.17, 15) is 4.79 Å². The SMILES string of the molecule is CNC1CCC(N(C)CCNC(C)=O)CC1. The smallest absolute Gasteiger partial charge is 0.216 e. The number of nitrogens with one attached hydrogen (secondary N) is 2. The zero-order valence-corrected chi connectivity index (χ0v) is 10.8. The van der Waals surface area contributed by atoms with Crippen molar-refractivity contribution in [1.82, 2.24) is 15.5 Å². The van der Waals surface area contributed by atoms with Crippen molar-refractivity contribution >= 4 is 5.91 Å². The third kappa shape index (κ3) is 4.49. The first-order valence-electron chi connectivity index (χ1n) is 6.25. The molecule has 0 atom stereocenters. The van der Waals surface area contributed by atoms with Crippen molar-refractivity contribution in [1.29, 1.82) is 0 Å². The van der Waals surface area contributed by atoms with Crippen LogP contribution in [0, 0.1) is 0 Å². The van der Waals surface area contributed by atoms with Gasteiger partial charge in [0.2, 0.25) is 5.91 Å². The second-order valence-corrected chi connectivity index (χ2v) is 4.76. The third-order valence-corrected chi connectivity index (χ3v) is 3.57. The van der Waals surface area contributed by atoms with Crippen LogP contribution in [0.2, 0.25) is 0 Å². The van der Waals surface area contributed by atoms with E-state index in [1.54, 1.807) is 6.92 Å². The molecule has 0 radical (unpaired) electrons. The Bertz CT molecular complexity index is 212. The molecule has 0 aromatic carbocycles. The van der Waals surface area contributed by atoms with Crippen LogP contribution < -0.4 is 10.6 Å². The summed E-state index contributed by atoms with van der Waals surface area (Å²) >= 11 is 0. The predicted molar refractivity (Wildman–Crippen MR) is 66.4 cm³/mol. The number of carbonyl (C=O) groups excluding carboxylic acids is 1. The van der Waals surface area contributed by atoms with Gasteiger partial charge in [-0.2, -0.15) is 0 Å². The van der Waals surface area contributed by atoms with Crippen molar-refractivity contribution in [3.8, 4) is 0 Å². The van der Waals surface area contributed by atoms with Crippen LogP contribution in [0.15, 0.2) is 0 Å². The molecule has 0 aliphatic heterocycles. The normalized spacial score (nSPS) is 25.8. The molecule has 1 fully saturated rings. The van der Waals surface area contributed by atoms with Crippen molar-refractivity contribution < 1.29 is 4.79 Å². The van der Waals surface area contributed by atoms with Gasteiger partial charge in [-0.15, -0.1) is 0 Å². The van der Waals surface area contributed by atoms with Gasteiger partial charge in [0.1, 0.15) is 0 Å². The highest BCUT2D eigenvalue weighted by Gasteiger charge is 2.22. The summed E-state index contributed by atoms with van der Waals surface area (Å²) in [5.41, 5.74) is 0. The Kier molecular flexibility index (Phi) is 5.77. The Labute approximate surface area is 98.8 Å². The highest BCUT2D eigenvalue weighted by atomic mass is 16.1. The van der Waals surface area contributed by atoms with Crippen LogP contribution in [0.25, 0.3) is 0 Å². The van der Waals surface area contributed by atoms with E-state index in [2.05, 4.69) is 22.6 Å². The number of rotatable bonds is 5. The van der Waals surface area contributed by atoms with Crippen molar-refractivity contribution in [2.75, 3.05) is 27.2 Å². The van der Waals surface area contributed by atoms with E-state index in [1.807, 2.05) is 7.05 Å². The first kappa shape index (κ1) is 13.5. The second kappa shape index (κ2) is 6.86. The van der Waals surface area contributed by atoms with Crippen LogP contribution in [0.5, 0.6) is 0 Å². The summed E-state index contributed by atoms with van der Waals surface area (Å²) in [6, 6.07) is 1.40. The van der Waals surface area contributed by atoms with Gasteiger partial charge >= 0.3 is 0 Å². The molecule has 0 aromatic rings. The lowest BCUT2D eigenvalue weighted by atomic mass is 9.90. The molecule has 1 aliphatic carbocycles. The number of hydrogen-bond donors (Lipinski definition) is 2. The lowest BCUT2D eigenvalue weighted by Crippen LogP contribution is -2.42. The highest BCUT2D eigenvalue weighted by molar-refractivity contribution is 5.72. The maximum absolute atomic E-state index is 10.7. The van der Waals surface area contributed by atoms with Crippen molar-refractivity contribution in [2.45, 2.75) is 44.7 Å². The molecule has 16 heavy (non-hydrogen) atoms. The van der Waals surface area contributed by atoms with E-state index in [1.165, 1.54) is 25.7 Å². The van der Waals surface area contributed by atoms with E-state index < -0.39 is 0 Å². The molecule has 1 saturated carbocycles. The topological polar surface area (TPSA) is 44.4 Å². The molecule has 4 heteroatoms. The Balaban J connectivity index is 2.17. The van der Waals surface area contributed by atoms with Gasteiger partial charge in [0.15, 0.2) is 0 Å². The van der Waals surface area contributed by atoms with Gasteiger partial charge < -0.3 is 15.5 Å². The molecule has 1 amide bonds. The molecule has 2 N–H and O–H groups in total. The molecule has 0 spiro atoms. The van der Waals surface area contributed by atoms with Gasteiger partial charge in [-0.25, -0.2) is 0 Å². The number of likely N-dealkylation sites (N-methyl/N-ethyl adjacent to an activating group) is 1. The van der Waals surface area contributed by atoms with E-state index in [4.69, 9.17) is 0 Å². The molecule has 0 heterocycles. The van der Waals surface area contributed by atoms with Crippen LogP contribution in [-0.4, -0.2) is 50.1 Å². The molecular weight excluding hydrogens is 202 g/mol. The largest absolute Gasteiger partial charge is 0.355 e. The molecule has 94 valence electrons. The lowest BCUT2D eigenvalue weighted by molar-refractivity contribution is -0.119. The quantitative estimate of drug-likeness (QED) is 0.722. The Morgan fingerprint density at radius 3 is 2.44 bits per heavy atom. The minimum Gasteiger partial charge on any atom is -0.355 e. The Morgan fingerprint density at radius 1 is 1.31 bits per heavy atom. The highest BCUT2D eigenvalue weighted by Crippen LogP contribution is 2.21. The lowest BCUT2D eigenvalue weighted by Gasteiger charge is -2.34. The van der Waals surface area contributed by atoms with Crippen molar-refractivity contribution in [3.63, 3.8) is 0 Å². The van der Waals surface area contributed by atoms with E-state index in [-0.39, 0.29) is 5.91 Å². The van der Waals surface area contributed by atoms with Gasteiger partial charge in [-0.3, -0.25) is 4.79 Å². The van der Waals surface area contributed by atoms with Crippen LogP contribution in [-0.2, 0) is 4.79 Å². The van der Waals surface area contributed by atoms with Crippen LogP contribution in [0.4, 0.5) is 0 Å². The number of amides is 1. The molecule has 4 nitrogen and oxygen atoms in total. The molecule has 0 aromatic heterocycles. The maximum atomic E-state index is 10.7. The molecule has 0 bridgehead atoms. The van der Waals surface area contributed by atoms with Crippen LogP contribution in [0.3, 0.4) is 0 Å². The van der Waals surface area contributed by atoms with Gasteiger partial charge in [0, 0.05) is 32.1 Å². The average molecular weight is 227 g/mol. The standard InChI is InChI=1S/C12H25N3O/c1-10(16)14-8-9-15(3)12-6-4-11(13-2)5-7-12/h11-13H,4-9H2,1-3H3,(H,14,16). The molecule has 0 unspecified atom stereocenters. The number of nitrogens with zero attached hydrogens (tertiary/aromatic N) is 1. The molecular formula is C12H25N3O. The summed E-state index contributed by atoms with van der Waals surface area (Å²) in [6.45, 7) is 3.28. The van der Waals surface area contributed by atoms with Gasteiger partial charge in [-0.1, -0.05) is 0 Å².